The van der Waals surface area contributed by atoms with E-state index in [1.165, 1.54) is 36.4 Å². The lowest BCUT2D eigenvalue weighted by Crippen LogP contribution is -2.05. The summed E-state index contributed by atoms with van der Waals surface area (Å²) in [5.74, 6) is -0.236. The van der Waals surface area contributed by atoms with Crippen LogP contribution in [0.5, 0.6) is 11.5 Å². The molecule has 0 bridgehead atoms. The van der Waals surface area contributed by atoms with Gasteiger partial charge in [-0.2, -0.15) is 0 Å². The van der Waals surface area contributed by atoms with Gasteiger partial charge in [0, 0.05) is 27.7 Å². The van der Waals surface area contributed by atoms with Crippen LogP contribution in [0.1, 0.15) is 11.1 Å². The first kappa shape index (κ1) is 20.7. The normalized spacial score (nSPS) is 10.9. The van der Waals surface area contributed by atoms with E-state index in [4.69, 9.17) is 26.2 Å². The Morgan fingerprint density at radius 2 is 1.71 bits per heavy atom. The predicted octanol–water partition coefficient (Wildman–Crippen LogP) is 6.26. The zero-order valence-electron chi connectivity index (χ0n) is 16.0. The van der Waals surface area contributed by atoms with Crippen LogP contribution in [0.25, 0.3) is 10.9 Å². The highest BCUT2D eigenvalue weighted by atomic mass is 35.5. The fraction of sp³-hybridized carbons (Fsp3) is 0.0870. The van der Waals surface area contributed by atoms with Crippen molar-refractivity contribution in [2.75, 3.05) is 0 Å². The number of fused-ring (bicyclic) bond motifs is 1. The van der Waals surface area contributed by atoms with Crippen LogP contribution in [0.2, 0.25) is 5.02 Å². The summed E-state index contributed by atoms with van der Waals surface area (Å²) in [6, 6.07) is 14.9. The van der Waals surface area contributed by atoms with Crippen LogP contribution in [-0.4, -0.2) is 15.8 Å². The maximum Gasteiger partial charge on any atom is 0.511 e. The number of benzene rings is 3. The second-order valence-electron chi connectivity index (χ2n) is 6.78. The molecule has 31 heavy (non-hydrogen) atoms. The summed E-state index contributed by atoms with van der Waals surface area (Å²) in [7, 11) is 0. The van der Waals surface area contributed by atoms with E-state index in [1.54, 1.807) is 30.5 Å². The molecule has 4 rings (SSSR count). The molecular formula is C23H16ClF2NO4. The Morgan fingerprint density at radius 3 is 2.48 bits per heavy atom. The van der Waals surface area contributed by atoms with Crippen LogP contribution >= 0.6 is 11.6 Å². The minimum absolute atomic E-state index is 0.0122. The van der Waals surface area contributed by atoms with Gasteiger partial charge < -0.3 is 19.1 Å². The summed E-state index contributed by atoms with van der Waals surface area (Å²) in [4.78, 5) is 10.9. The van der Waals surface area contributed by atoms with E-state index in [9.17, 15) is 13.6 Å². The summed E-state index contributed by atoms with van der Waals surface area (Å²) in [6.07, 6.45) is 0.342. The lowest BCUT2D eigenvalue weighted by Gasteiger charge is -2.14. The lowest BCUT2D eigenvalue weighted by molar-refractivity contribution is 0.145. The van der Waals surface area contributed by atoms with E-state index in [1.807, 2.05) is 4.57 Å². The zero-order valence-corrected chi connectivity index (χ0v) is 16.8. The maximum absolute atomic E-state index is 14.0. The van der Waals surface area contributed by atoms with Crippen molar-refractivity contribution in [3.8, 4) is 11.5 Å². The van der Waals surface area contributed by atoms with Crippen molar-refractivity contribution in [1.29, 1.82) is 0 Å². The Hall–Kier alpha value is -3.58. The number of carbonyl (C=O) groups is 1. The van der Waals surface area contributed by atoms with Crippen molar-refractivity contribution >= 4 is 28.7 Å². The monoisotopic (exact) mass is 443 g/mol. The Balaban J connectivity index is 1.62. The first-order valence-electron chi connectivity index (χ1n) is 9.24. The Labute approximate surface area is 181 Å². The van der Waals surface area contributed by atoms with Gasteiger partial charge in [-0.3, -0.25) is 0 Å². The average molecular weight is 444 g/mol. The van der Waals surface area contributed by atoms with Crippen molar-refractivity contribution in [2.24, 2.45) is 0 Å². The van der Waals surface area contributed by atoms with Gasteiger partial charge in [0.1, 0.15) is 29.7 Å². The highest BCUT2D eigenvalue weighted by Gasteiger charge is 2.13. The van der Waals surface area contributed by atoms with E-state index in [-0.39, 0.29) is 18.9 Å². The van der Waals surface area contributed by atoms with E-state index >= 15 is 0 Å². The number of hydrogen-bond acceptors (Lipinski definition) is 3. The van der Waals surface area contributed by atoms with Gasteiger partial charge in [-0.15, -0.1) is 0 Å². The molecule has 0 saturated heterocycles. The Kier molecular flexibility index (Phi) is 5.77. The van der Waals surface area contributed by atoms with Crippen LogP contribution in [0.3, 0.4) is 0 Å². The number of aromatic nitrogens is 1. The number of nitrogens with zero attached hydrogens (tertiary/aromatic N) is 1. The summed E-state index contributed by atoms with van der Waals surface area (Å²) in [6.45, 7) is 0.266. The molecule has 0 aliphatic carbocycles. The van der Waals surface area contributed by atoms with Crippen LogP contribution in [0, 0.1) is 11.6 Å². The standard InChI is InChI=1S/C23H16ClF2NO4/c24-19-6-4-16(25)11-15(19)13-30-21-7-5-17(26)10-14(21)12-27-9-8-18-20(27)2-1-3-22(18)31-23(28)29/h1-11H,12-13H2,(H,28,29). The number of ether oxygens (including phenoxy) is 2. The van der Waals surface area contributed by atoms with Gasteiger partial charge in [-0.25, -0.2) is 13.6 Å². The van der Waals surface area contributed by atoms with Gasteiger partial charge in [0.05, 0.1) is 12.1 Å². The smallest absolute Gasteiger partial charge is 0.488 e. The van der Waals surface area contributed by atoms with Gasteiger partial charge in [0.15, 0.2) is 0 Å². The van der Waals surface area contributed by atoms with Gasteiger partial charge in [0.2, 0.25) is 0 Å². The molecule has 0 atom stereocenters. The molecule has 0 fully saturated rings. The molecule has 0 aliphatic rings. The summed E-state index contributed by atoms with van der Waals surface area (Å²) in [5, 5.41) is 9.88. The summed E-state index contributed by atoms with van der Waals surface area (Å²) >= 11 is 6.09. The molecule has 1 N–H and O–H groups in total. The average Bonchev–Trinajstić information content (AvgIpc) is 3.13. The molecule has 0 spiro atoms. The van der Waals surface area contributed by atoms with Crippen molar-refractivity contribution < 1.29 is 28.2 Å². The van der Waals surface area contributed by atoms with Crippen LogP contribution in [0.15, 0.2) is 66.9 Å². The highest BCUT2D eigenvalue weighted by molar-refractivity contribution is 6.31. The van der Waals surface area contributed by atoms with Crippen molar-refractivity contribution in [2.45, 2.75) is 13.2 Å². The number of carboxylic acid groups (broad SMARTS) is 1. The minimum atomic E-state index is -1.41. The fourth-order valence-corrected chi connectivity index (χ4v) is 3.49. The molecule has 1 heterocycles. The molecule has 0 radical (unpaired) electrons. The predicted molar refractivity (Wildman–Crippen MR) is 112 cm³/mol. The highest BCUT2D eigenvalue weighted by Crippen LogP contribution is 2.29. The summed E-state index contributed by atoms with van der Waals surface area (Å²) < 4.78 is 39.9. The third-order valence-corrected chi connectivity index (χ3v) is 5.09. The third kappa shape index (κ3) is 4.62. The van der Waals surface area contributed by atoms with Crippen LogP contribution in [0.4, 0.5) is 13.6 Å². The topological polar surface area (TPSA) is 60.7 Å². The third-order valence-electron chi connectivity index (χ3n) is 4.73. The first-order valence-corrected chi connectivity index (χ1v) is 9.62. The van der Waals surface area contributed by atoms with E-state index in [0.717, 1.165) is 0 Å². The quantitative estimate of drug-likeness (QED) is 0.282. The second kappa shape index (κ2) is 8.65. The summed E-state index contributed by atoms with van der Waals surface area (Å²) in [5.41, 5.74) is 1.73. The molecule has 0 amide bonds. The molecule has 8 heteroatoms. The zero-order chi connectivity index (χ0) is 22.0. The molecule has 4 aromatic rings. The van der Waals surface area contributed by atoms with Crippen LogP contribution in [-0.2, 0) is 13.2 Å². The van der Waals surface area contributed by atoms with Gasteiger partial charge in [0.25, 0.3) is 0 Å². The molecule has 0 unspecified atom stereocenters. The Bertz CT molecular complexity index is 1270. The minimum Gasteiger partial charge on any atom is -0.488 e. The molecular weight excluding hydrogens is 428 g/mol. The molecule has 158 valence electrons. The van der Waals surface area contributed by atoms with Crippen molar-refractivity contribution in [3.05, 3.63) is 94.6 Å². The Morgan fingerprint density at radius 1 is 0.968 bits per heavy atom. The SMILES string of the molecule is O=C(O)Oc1cccc2c1ccn2Cc1cc(F)ccc1OCc1cc(F)ccc1Cl. The first-order chi connectivity index (χ1) is 14.9. The van der Waals surface area contributed by atoms with Gasteiger partial charge in [-0.1, -0.05) is 17.7 Å². The van der Waals surface area contributed by atoms with Crippen LogP contribution < -0.4 is 9.47 Å². The lowest BCUT2D eigenvalue weighted by atomic mass is 10.1. The molecule has 0 saturated carbocycles. The fourth-order valence-electron chi connectivity index (χ4n) is 3.32. The molecule has 0 aliphatic heterocycles. The van der Waals surface area contributed by atoms with E-state index in [2.05, 4.69) is 0 Å². The van der Waals surface area contributed by atoms with Gasteiger partial charge >= 0.3 is 6.16 Å². The number of hydrogen-bond donors (Lipinski definition) is 1. The van der Waals surface area contributed by atoms with Crippen molar-refractivity contribution in [3.63, 3.8) is 0 Å². The largest absolute Gasteiger partial charge is 0.511 e. The number of halogens is 3. The number of rotatable bonds is 6. The van der Waals surface area contributed by atoms with E-state index in [0.29, 0.717) is 32.8 Å². The molecule has 5 nitrogen and oxygen atoms in total. The maximum atomic E-state index is 14.0. The molecule has 3 aromatic carbocycles. The molecule has 1 aromatic heterocycles. The van der Waals surface area contributed by atoms with E-state index < -0.39 is 17.8 Å². The second-order valence-corrected chi connectivity index (χ2v) is 7.18. The van der Waals surface area contributed by atoms with Gasteiger partial charge in [-0.05, 0) is 54.6 Å². The van der Waals surface area contributed by atoms with Crippen molar-refractivity contribution in [1.82, 2.24) is 4.57 Å².